The zero-order chi connectivity index (χ0) is 20.9. The van der Waals surface area contributed by atoms with E-state index in [0.717, 1.165) is 50.4 Å². The summed E-state index contributed by atoms with van der Waals surface area (Å²) in [5.41, 5.74) is 1.77. The van der Waals surface area contributed by atoms with Crippen molar-refractivity contribution >= 4 is 12.0 Å². The zero-order valence-electron chi connectivity index (χ0n) is 17.8. The molecule has 3 rings (SSSR count). The average Bonchev–Trinajstić information content (AvgIpc) is 3.12. The molecule has 0 aliphatic carbocycles. The Kier molecular flexibility index (Phi) is 7.00. The molecule has 2 amide bonds. The number of ether oxygens (including phenoxy) is 2. The van der Waals surface area contributed by atoms with Gasteiger partial charge in [0.05, 0.1) is 13.0 Å². The first-order chi connectivity index (χ1) is 13.8. The van der Waals surface area contributed by atoms with Crippen LogP contribution in [0, 0.1) is 0 Å². The van der Waals surface area contributed by atoms with Gasteiger partial charge in [-0.2, -0.15) is 0 Å². The molecule has 160 valence electrons. The fourth-order valence-electron chi connectivity index (χ4n) is 3.61. The van der Waals surface area contributed by atoms with Gasteiger partial charge in [-0.15, -0.1) is 0 Å². The van der Waals surface area contributed by atoms with Crippen LogP contribution in [0.5, 0.6) is 5.75 Å². The number of piperazine rings is 1. The maximum absolute atomic E-state index is 12.2. The van der Waals surface area contributed by atoms with Crippen LogP contribution in [0.15, 0.2) is 18.2 Å². The second-order valence-corrected chi connectivity index (χ2v) is 8.73. The van der Waals surface area contributed by atoms with Crippen LogP contribution < -0.4 is 10.1 Å². The third-order valence-corrected chi connectivity index (χ3v) is 5.12. The lowest BCUT2D eigenvalue weighted by molar-refractivity contribution is -0.120. The first-order valence-corrected chi connectivity index (χ1v) is 10.5. The first kappa shape index (κ1) is 21.4. The summed E-state index contributed by atoms with van der Waals surface area (Å²) in [6, 6.07) is 6.00. The van der Waals surface area contributed by atoms with Crippen molar-refractivity contribution in [3.63, 3.8) is 0 Å². The molecule has 0 atom stereocenters. The molecule has 2 aliphatic heterocycles. The maximum atomic E-state index is 12.2. The number of fused-ring (bicyclic) bond motifs is 1. The van der Waals surface area contributed by atoms with Gasteiger partial charge in [0, 0.05) is 39.1 Å². The highest BCUT2D eigenvalue weighted by molar-refractivity contribution is 5.78. The standard InChI is InChI=1S/C22H33N3O4/c1-22(2,3)29-21(27)25-12-10-24(11-13-25)9-4-8-23-20(26)16-17-5-6-19-18(15-17)7-14-28-19/h5-6,15H,4,7-14,16H2,1-3H3,(H,23,26). The molecule has 0 spiro atoms. The van der Waals surface area contributed by atoms with E-state index in [1.54, 1.807) is 4.90 Å². The van der Waals surface area contributed by atoms with Gasteiger partial charge in [-0.05, 0) is 50.9 Å². The van der Waals surface area contributed by atoms with Crippen molar-refractivity contribution in [1.82, 2.24) is 15.1 Å². The van der Waals surface area contributed by atoms with Gasteiger partial charge < -0.3 is 19.7 Å². The van der Waals surface area contributed by atoms with E-state index in [1.165, 1.54) is 5.56 Å². The summed E-state index contributed by atoms with van der Waals surface area (Å²) in [6.07, 6.45) is 1.99. The topological polar surface area (TPSA) is 71.1 Å². The molecule has 1 saturated heterocycles. The third kappa shape index (κ3) is 6.63. The number of carbonyl (C=O) groups excluding carboxylic acids is 2. The Balaban J connectivity index is 1.29. The fraction of sp³-hybridized carbons (Fsp3) is 0.636. The summed E-state index contributed by atoms with van der Waals surface area (Å²) in [7, 11) is 0. The van der Waals surface area contributed by atoms with E-state index in [2.05, 4.69) is 16.3 Å². The SMILES string of the molecule is CC(C)(C)OC(=O)N1CCN(CCCNC(=O)Cc2ccc3c(c2)CCO3)CC1. The van der Waals surface area contributed by atoms with Gasteiger partial charge >= 0.3 is 6.09 Å². The van der Waals surface area contributed by atoms with Gasteiger partial charge in [0.15, 0.2) is 0 Å². The molecule has 2 aliphatic rings. The number of hydrogen-bond donors (Lipinski definition) is 1. The van der Waals surface area contributed by atoms with Crippen molar-refractivity contribution in [1.29, 1.82) is 0 Å². The Bertz CT molecular complexity index is 721. The molecule has 2 heterocycles. The molecule has 1 aromatic carbocycles. The Labute approximate surface area is 173 Å². The summed E-state index contributed by atoms with van der Waals surface area (Å²) in [6.45, 7) is 11.0. The van der Waals surface area contributed by atoms with Crippen LogP contribution in [0.1, 0.15) is 38.3 Å². The van der Waals surface area contributed by atoms with Crippen LogP contribution in [0.25, 0.3) is 0 Å². The van der Waals surface area contributed by atoms with E-state index >= 15 is 0 Å². The lowest BCUT2D eigenvalue weighted by Gasteiger charge is -2.35. The number of carbonyl (C=O) groups is 2. The van der Waals surface area contributed by atoms with Crippen molar-refractivity contribution in [3.05, 3.63) is 29.3 Å². The predicted molar refractivity (Wildman–Crippen MR) is 111 cm³/mol. The van der Waals surface area contributed by atoms with E-state index < -0.39 is 5.60 Å². The van der Waals surface area contributed by atoms with Crippen LogP contribution in [-0.2, 0) is 22.4 Å². The number of amides is 2. The van der Waals surface area contributed by atoms with Crippen molar-refractivity contribution in [2.75, 3.05) is 45.9 Å². The van der Waals surface area contributed by atoms with Gasteiger partial charge in [0.2, 0.25) is 5.91 Å². The second kappa shape index (κ2) is 9.48. The number of rotatable bonds is 6. The number of nitrogens with one attached hydrogen (secondary N) is 1. The van der Waals surface area contributed by atoms with Gasteiger partial charge in [0.1, 0.15) is 11.4 Å². The van der Waals surface area contributed by atoms with E-state index in [1.807, 2.05) is 32.9 Å². The monoisotopic (exact) mass is 403 g/mol. The minimum Gasteiger partial charge on any atom is -0.493 e. The average molecular weight is 404 g/mol. The predicted octanol–water partition coefficient (Wildman–Crippen LogP) is 2.22. The van der Waals surface area contributed by atoms with E-state index in [4.69, 9.17) is 9.47 Å². The summed E-state index contributed by atoms with van der Waals surface area (Å²) < 4.78 is 10.9. The quantitative estimate of drug-likeness (QED) is 0.738. The molecular formula is C22H33N3O4. The summed E-state index contributed by atoms with van der Waals surface area (Å²) in [4.78, 5) is 28.4. The highest BCUT2D eigenvalue weighted by atomic mass is 16.6. The molecule has 0 radical (unpaired) electrons. The zero-order valence-corrected chi connectivity index (χ0v) is 17.8. The molecule has 7 heteroatoms. The van der Waals surface area contributed by atoms with Gasteiger partial charge in [-0.3, -0.25) is 9.69 Å². The van der Waals surface area contributed by atoms with Crippen molar-refractivity contribution in [2.45, 2.75) is 45.6 Å². The van der Waals surface area contributed by atoms with E-state index in [9.17, 15) is 9.59 Å². The first-order valence-electron chi connectivity index (χ1n) is 10.5. The molecule has 7 nitrogen and oxygen atoms in total. The Morgan fingerprint density at radius 3 is 2.66 bits per heavy atom. The van der Waals surface area contributed by atoms with Crippen molar-refractivity contribution < 1.29 is 19.1 Å². The molecule has 1 fully saturated rings. The van der Waals surface area contributed by atoms with E-state index in [0.29, 0.717) is 26.1 Å². The Morgan fingerprint density at radius 2 is 1.93 bits per heavy atom. The van der Waals surface area contributed by atoms with Crippen LogP contribution in [0.4, 0.5) is 4.79 Å². The molecule has 0 saturated carbocycles. The molecular weight excluding hydrogens is 370 g/mol. The highest BCUT2D eigenvalue weighted by Crippen LogP contribution is 2.25. The second-order valence-electron chi connectivity index (χ2n) is 8.73. The number of hydrogen-bond acceptors (Lipinski definition) is 5. The molecule has 0 unspecified atom stereocenters. The lowest BCUT2D eigenvalue weighted by Crippen LogP contribution is -2.50. The molecule has 0 aromatic heterocycles. The number of nitrogens with zero attached hydrogens (tertiary/aromatic N) is 2. The van der Waals surface area contributed by atoms with Gasteiger partial charge in [0.25, 0.3) is 0 Å². The highest BCUT2D eigenvalue weighted by Gasteiger charge is 2.25. The molecule has 29 heavy (non-hydrogen) atoms. The largest absolute Gasteiger partial charge is 0.493 e. The maximum Gasteiger partial charge on any atom is 0.410 e. The summed E-state index contributed by atoms with van der Waals surface area (Å²) in [5, 5.41) is 3.01. The smallest absolute Gasteiger partial charge is 0.410 e. The van der Waals surface area contributed by atoms with Crippen LogP contribution >= 0.6 is 0 Å². The van der Waals surface area contributed by atoms with Crippen molar-refractivity contribution in [2.24, 2.45) is 0 Å². The van der Waals surface area contributed by atoms with Gasteiger partial charge in [-0.1, -0.05) is 12.1 Å². The van der Waals surface area contributed by atoms with Crippen LogP contribution in [0.2, 0.25) is 0 Å². The normalized spacial score (nSPS) is 16.9. The molecule has 1 N–H and O–H groups in total. The number of benzene rings is 1. The lowest BCUT2D eigenvalue weighted by atomic mass is 10.1. The third-order valence-electron chi connectivity index (χ3n) is 5.12. The minimum atomic E-state index is -0.458. The van der Waals surface area contributed by atoms with Gasteiger partial charge in [-0.25, -0.2) is 4.79 Å². The Morgan fingerprint density at radius 1 is 1.17 bits per heavy atom. The molecule has 1 aromatic rings. The minimum absolute atomic E-state index is 0.0543. The van der Waals surface area contributed by atoms with E-state index in [-0.39, 0.29) is 12.0 Å². The fourth-order valence-corrected chi connectivity index (χ4v) is 3.61. The van der Waals surface area contributed by atoms with Crippen LogP contribution in [-0.4, -0.2) is 73.3 Å². The Hall–Kier alpha value is -2.28. The van der Waals surface area contributed by atoms with Crippen LogP contribution in [0.3, 0.4) is 0 Å². The summed E-state index contributed by atoms with van der Waals surface area (Å²) >= 11 is 0. The molecule has 0 bridgehead atoms. The summed E-state index contributed by atoms with van der Waals surface area (Å²) in [5.74, 6) is 1.000. The van der Waals surface area contributed by atoms with Crippen molar-refractivity contribution in [3.8, 4) is 5.75 Å².